The SMILES string of the molecule is COC(=O)[C@@H](NC(c1ccc(C)cc1)C1CCCC1)C(C)C. The zero-order valence-electron chi connectivity index (χ0n) is 14.3. The van der Waals surface area contributed by atoms with Crippen molar-refractivity contribution in [2.45, 2.75) is 58.5 Å². The minimum absolute atomic E-state index is 0.162. The van der Waals surface area contributed by atoms with Crippen LogP contribution in [0.15, 0.2) is 24.3 Å². The van der Waals surface area contributed by atoms with E-state index in [0.29, 0.717) is 5.92 Å². The van der Waals surface area contributed by atoms with Crippen LogP contribution >= 0.6 is 0 Å². The summed E-state index contributed by atoms with van der Waals surface area (Å²) in [5.74, 6) is 0.653. The lowest BCUT2D eigenvalue weighted by Gasteiger charge is -2.31. The van der Waals surface area contributed by atoms with Crippen molar-refractivity contribution in [2.75, 3.05) is 7.11 Å². The Balaban J connectivity index is 2.23. The normalized spacial score (nSPS) is 18.4. The van der Waals surface area contributed by atoms with Gasteiger partial charge >= 0.3 is 5.97 Å². The van der Waals surface area contributed by atoms with Crippen LogP contribution in [0.3, 0.4) is 0 Å². The third-order valence-corrected chi connectivity index (χ3v) is 4.79. The number of nitrogens with one attached hydrogen (secondary N) is 1. The third-order valence-electron chi connectivity index (χ3n) is 4.79. The molecule has 1 unspecified atom stereocenters. The van der Waals surface area contributed by atoms with Gasteiger partial charge in [0.05, 0.1) is 7.11 Å². The Morgan fingerprint density at radius 1 is 1.18 bits per heavy atom. The third kappa shape index (κ3) is 4.10. The second-order valence-electron chi connectivity index (χ2n) is 6.84. The van der Waals surface area contributed by atoms with Crippen LogP contribution in [0.2, 0.25) is 0 Å². The number of methoxy groups -OCH3 is 1. The molecule has 2 atom stereocenters. The maximum Gasteiger partial charge on any atom is 0.323 e. The van der Waals surface area contributed by atoms with Gasteiger partial charge in [0.2, 0.25) is 0 Å². The molecular formula is C19H29NO2. The van der Waals surface area contributed by atoms with Crippen LogP contribution in [0, 0.1) is 18.8 Å². The molecule has 2 rings (SSSR count). The zero-order valence-corrected chi connectivity index (χ0v) is 14.3. The summed E-state index contributed by atoms with van der Waals surface area (Å²) < 4.78 is 4.99. The first-order chi connectivity index (χ1) is 10.5. The highest BCUT2D eigenvalue weighted by Crippen LogP contribution is 2.36. The van der Waals surface area contributed by atoms with Gasteiger partial charge in [-0.1, -0.05) is 56.5 Å². The average molecular weight is 303 g/mol. The first-order valence-electron chi connectivity index (χ1n) is 8.43. The van der Waals surface area contributed by atoms with E-state index in [1.807, 2.05) is 0 Å². The van der Waals surface area contributed by atoms with Crippen molar-refractivity contribution in [3.8, 4) is 0 Å². The van der Waals surface area contributed by atoms with E-state index in [-0.39, 0.29) is 24.0 Å². The molecule has 3 heteroatoms. The van der Waals surface area contributed by atoms with Gasteiger partial charge in [-0.05, 0) is 37.2 Å². The first-order valence-corrected chi connectivity index (χ1v) is 8.43. The number of aryl methyl sites for hydroxylation is 1. The van der Waals surface area contributed by atoms with Gasteiger partial charge in [0, 0.05) is 6.04 Å². The minimum Gasteiger partial charge on any atom is -0.468 e. The first kappa shape index (κ1) is 17.0. The highest BCUT2D eigenvalue weighted by molar-refractivity contribution is 5.76. The second-order valence-corrected chi connectivity index (χ2v) is 6.84. The van der Waals surface area contributed by atoms with E-state index in [1.54, 1.807) is 0 Å². The molecule has 1 aliphatic carbocycles. The van der Waals surface area contributed by atoms with Crippen molar-refractivity contribution in [1.29, 1.82) is 0 Å². The van der Waals surface area contributed by atoms with E-state index in [0.717, 1.165) is 0 Å². The molecule has 1 aliphatic rings. The summed E-state index contributed by atoms with van der Waals surface area (Å²) in [5.41, 5.74) is 2.55. The Morgan fingerprint density at radius 2 is 1.77 bits per heavy atom. The number of benzene rings is 1. The quantitative estimate of drug-likeness (QED) is 0.807. The smallest absolute Gasteiger partial charge is 0.323 e. The number of rotatable bonds is 6. The average Bonchev–Trinajstić information content (AvgIpc) is 3.02. The van der Waals surface area contributed by atoms with Crippen molar-refractivity contribution >= 4 is 5.97 Å². The molecule has 1 N–H and O–H groups in total. The highest BCUT2D eigenvalue weighted by Gasteiger charge is 2.32. The van der Waals surface area contributed by atoms with Gasteiger partial charge in [-0.3, -0.25) is 10.1 Å². The van der Waals surface area contributed by atoms with E-state index in [1.165, 1.54) is 43.9 Å². The number of esters is 1. The van der Waals surface area contributed by atoms with E-state index >= 15 is 0 Å². The lowest BCUT2D eigenvalue weighted by Crippen LogP contribution is -2.45. The topological polar surface area (TPSA) is 38.3 Å². The Labute approximate surface area is 134 Å². The van der Waals surface area contributed by atoms with Crippen LogP contribution in [0.1, 0.15) is 56.7 Å². The number of carbonyl (C=O) groups is 1. The molecule has 1 aromatic rings. The van der Waals surface area contributed by atoms with E-state index in [4.69, 9.17) is 4.74 Å². The van der Waals surface area contributed by atoms with Gasteiger partial charge in [-0.25, -0.2) is 0 Å². The lowest BCUT2D eigenvalue weighted by molar-refractivity contribution is -0.144. The molecule has 0 radical (unpaired) electrons. The molecule has 0 aromatic heterocycles. The van der Waals surface area contributed by atoms with Gasteiger partial charge in [0.15, 0.2) is 0 Å². The van der Waals surface area contributed by atoms with E-state index < -0.39 is 0 Å². The van der Waals surface area contributed by atoms with Crippen molar-refractivity contribution in [2.24, 2.45) is 11.8 Å². The molecular weight excluding hydrogens is 274 g/mol. The molecule has 22 heavy (non-hydrogen) atoms. The summed E-state index contributed by atoms with van der Waals surface area (Å²) in [6.45, 7) is 6.23. The number of hydrogen-bond donors (Lipinski definition) is 1. The molecule has 3 nitrogen and oxygen atoms in total. The van der Waals surface area contributed by atoms with Crippen molar-refractivity contribution in [3.63, 3.8) is 0 Å². The second kappa shape index (κ2) is 7.77. The number of hydrogen-bond acceptors (Lipinski definition) is 3. The van der Waals surface area contributed by atoms with E-state index in [2.05, 4.69) is 50.4 Å². The lowest BCUT2D eigenvalue weighted by atomic mass is 9.89. The molecule has 0 bridgehead atoms. The van der Waals surface area contributed by atoms with Crippen LogP contribution in [0.4, 0.5) is 0 Å². The van der Waals surface area contributed by atoms with Crippen LogP contribution in [0.5, 0.6) is 0 Å². The molecule has 1 fully saturated rings. The number of ether oxygens (including phenoxy) is 1. The summed E-state index contributed by atoms with van der Waals surface area (Å²) in [7, 11) is 1.47. The van der Waals surface area contributed by atoms with Gasteiger partial charge in [0.25, 0.3) is 0 Å². The summed E-state index contributed by atoms with van der Waals surface area (Å²) in [5, 5.41) is 3.61. The molecule has 0 heterocycles. The summed E-state index contributed by atoms with van der Waals surface area (Å²) >= 11 is 0. The standard InChI is InChI=1S/C19H29NO2/c1-13(2)17(19(21)22-4)20-18(15-7-5-6-8-15)16-11-9-14(3)10-12-16/h9-13,15,17-18,20H,5-8H2,1-4H3/t17-,18?/m0/s1. The molecule has 0 aliphatic heterocycles. The zero-order chi connectivity index (χ0) is 16.1. The van der Waals surface area contributed by atoms with Gasteiger partial charge in [-0.2, -0.15) is 0 Å². The van der Waals surface area contributed by atoms with Crippen molar-refractivity contribution in [3.05, 3.63) is 35.4 Å². The Hall–Kier alpha value is -1.35. The van der Waals surface area contributed by atoms with Crippen molar-refractivity contribution in [1.82, 2.24) is 5.32 Å². The Bertz CT molecular complexity index is 475. The summed E-state index contributed by atoms with van der Waals surface area (Å²) in [6, 6.07) is 8.68. The van der Waals surface area contributed by atoms with Crippen molar-refractivity contribution < 1.29 is 9.53 Å². The fraction of sp³-hybridized carbons (Fsp3) is 0.632. The minimum atomic E-state index is -0.253. The van der Waals surface area contributed by atoms with Crippen LogP contribution in [-0.4, -0.2) is 19.1 Å². The highest BCUT2D eigenvalue weighted by atomic mass is 16.5. The fourth-order valence-electron chi connectivity index (χ4n) is 3.42. The molecule has 0 saturated heterocycles. The Morgan fingerprint density at radius 3 is 2.27 bits per heavy atom. The van der Waals surface area contributed by atoms with Crippen LogP contribution in [-0.2, 0) is 9.53 Å². The van der Waals surface area contributed by atoms with Crippen LogP contribution in [0.25, 0.3) is 0 Å². The van der Waals surface area contributed by atoms with Gasteiger partial charge in [0.1, 0.15) is 6.04 Å². The van der Waals surface area contributed by atoms with Gasteiger partial charge < -0.3 is 4.74 Å². The van der Waals surface area contributed by atoms with E-state index in [9.17, 15) is 4.79 Å². The number of carbonyl (C=O) groups excluding carboxylic acids is 1. The monoisotopic (exact) mass is 303 g/mol. The molecule has 122 valence electrons. The Kier molecular flexibility index (Phi) is 6.01. The fourth-order valence-corrected chi connectivity index (χ4v) is 3.42. The summed E-state index contributed by atoms with van der Waals surface area (Å²) in [6.07, 6.45) is 5.05. The van der Waals surface area contributed by atoms with Crippen LogP contribution < -0.4 is 5.32 Å². The molecule has 1 saturated carbocycles. The maximum absolute atomic E-state index is 12.1. The molecule has 0 spiro atoms. The molecule has 1 aromatic carbocycles. The predicted octanol–water partition coefficient (Wildman–Crippen LogP) is 4.01. The molecule has 0 amide bonds. The largest absolute Gasteiger partial charge is 0.468 e. The summed E-state index contributed by atoms with van der Waals surface area (Å²) in [4.78, 5) is 12.1. The van der Waals surface area contributed by atoms with Gasteiger partial charge in [-0.15, -0.1) is 0 Å². The predicted molar refractivity (Wildman–Crippen MR) is 89.7 cm³/mol. The maximum atomic E-state index is 12.1.